The molecule has 0 aromatic heterocycles. The van der Waals surface area contributed by atoms with Gasteiger partial charge < -0.3 is 10.5 Å². The second-order valence-electron chi connectivity index (χ2n) is 4.64. The number of hydrogen-bond acceptors (Lipinski definition) is 2. The Morgan fingerprint density at radius 1 is 1.47 bits per heavy atom. The van der Waals surface area contributed by atoms with E-state index in [1.807, 2.05) is 0 Å². The second-order valence-corrected chi connectivity index (χ2v) is 4.64. The molecule has 17 heavy (non-hydrogen) atoms. The largest absolute Gasteiger partial charge is 0.373 e. The van der Waals surface area contributed by atoms with Crippen LogP contribution in [-0.2, 0) is 11.2 Å². The number of ether oxygens (including phenoxy) is 1. The Kier molecular flexibility index (Phi) is 4.35. The van der Waals surface area contributed by atoms with Gasteiger partial charge in [0.15, 0.2) is 0 Å². The van der Waals surface area contributed by atoms with Crippen molar-refractivity contribution in [2.45, 2.75) is 32.3 Å². The monoisotopic (exact) mass is 231 g/mol. The predicted octanol–water partition coefficient (Wildman–Crippen LogP) is 2.99. The lowest BCUT2D eigenvalue weighted by Crippen LogP contribution is -2.16. The third-order valence-electron chi connectivity index (χ3n) is 3.26. The number of fused-ring (bicyclic) bond motifs is 1. The molecule has 1 aliphatic heterocycles. The smallest absolute Gasteiger partial charge is 0.0864 e. The van der Waals surface area contributed by atoms with Crippen LogP contribution in [0.3, 0.4) is 0 Å². The van der Waals surface area contributed by atoms with Crippen molar-refractivity contribution in [2.75, 3.05) is 13.2 Å². The lowest BCUT2D eigenvalue weighted by Gasteiger charge is -2.26. The van der Waals surface area contributed by atoms with Gasteiger partial charge in [-0.3, -0.25) is 0 Å². The number of nitrogens with two attached hydrogens (primary N) is 1. The van der Waals surface area contributed by atoms with E-state index in [1.54, 1.807) is 0 Å². The van der Waals surface area contributed by atoms with E-state index in [2.05, 4.69) is 37.3 Å². The van der Waals surface area contributed by atoms with E-state index >= 15 is 0 Å². The fourth-order valence-corrected chi connectivity index (χ4v) is 2.35. The van der Waals surface area contributed by atoms with Gasteiger partial charge >= 0.3 is 0 Å². The molecule has 0 aliphatic carbocycles. The van der Waals surface area contributed by atoms with Crippen LogP contribution in [0.25, 0.3) is 0 Å². The van der Waals surface area contributed by atoms with Crippen LogP contribution in [0.4, 0.5) is 0 Å². The van der Waals surface area contributed by atoms with Gasteiger partial charge in [-0.2, -0.15) is 0 Å². The topological polar surface area (TPSA) is 35.2 Å². The van der Waals surface area contributed by atoms with Crippen LogP contribution in [0, 0.1) is 0 Å². The van der Waals surface area contributed by atoms with Gasteiger partial charge in [-0.05, 0) is 43.9 Å². The van der Waals surface area contributed by atoms with Crippen LogP contribution in [0.5, 0.6) is 0 Å². The molecule has 0 saturated carbocycles. The van der Waals surface area contributed by atoms with Crippen molar-refractivity contribution < 1.29 is 4.74 Å². The summed E-state index contributed by atoms with van der Waals surface area (Å²) in [6.45, 7) is 3.72. The van der Waals surface area contributed by atoms with Crippen molar-refractivity contribution in [1.82, 2.24) is 0 Å². The molecule has 0 bridgehead atoms. The van der Waals surface area contributed by atoms with Gasteiger partial charge in [0, 0.05) is 0 Å². The first-order chi connectivity index (χ1) is 8.31. The van der Waals surface area contributed by atoms with Gasteiger partial charge in [-0.15, -0.1) is 0 Å². The summed E-state index contributed by atoms with van der Waals surface area (Å²) >= 11 is 0. The third kappa shape index (κ3) is 3.18. The first-order valence-corrected chi connectivity index (χ1v) is 6.36. The molecule has 1 unspecified atom stereocenters. The van der Waals surface area contributed by atoms with Crippen molar-refractivity contribution in [3.8, 4) is 0 Å². The van der Waals surface area contributed by atoms with Gasteiger partial charge in [0.05, 0.1) is 12.7 Å². The summed E-state index contributed by atoms with van der Waals surface area (Å²) in [6.07, 6.45) is 5.43. The van der Waals surface area contributed by atoms with Crippen LogP contribution < -0.4 is 5.73 Å². The van der Waals surface area contributed by atoms with E-state index in [4.69, 9.17) is 10.5 Å². The summed E-state index contributed by atoms with van der Waals surface area (Å²) in [5.41, 5.74) is 9.68. The fraction of sp³-hybridized carbons (Fsp3) is 0.467. The molecule has 0 amide bonds. The van der Waals surface area contributed by atoms with Crippen LogP contribution >= 0.6 is 0 Å². The lowest BCUT2D eigenvalue weighted by molar-refractivity contribution is 0.0427. The number of benzene rings is 1. The highest BCUT2D eigenvalue weighted by Gasteiger charge is 2.20. The van der Waals surface area contributed by atoms with Gasteiger partial charge in [-0.25, -0.2) is 0 Å². The average Bonchev–Trinajstić information content (AvgIpc) is 2.37. The normalized spacial score (nSPS) is 20.1. The zero-order valence-electron chi connectivity index (χ0n) is 10.5. The van der Waals surface area contributed by atoms with Crippen molar-refractivity contribution in [2.24, 2.45) is 5.73 Å². The Morgan fingerprint density at radius 3 is 3.12 bits per heavy atom. The quantitative estimate of drug-likeness (QED) is 0.808. The first-order valence-electron chi connectivity index (χ1n) is 6.36. The molecule has 1 aromatic rings. The molecule has 0 fully saturated rings. The summed E-state index contributed by atoms with van der Waals surface area (Å²) in [6, 6.07) is 8.61. The SMILES string of the molecule is CC(=CCCN)CC1OCCc2ccccc21. The molecule has 1 aromatic carbocycles. The van der Waals surface area contributed by atoms with Crippen LogP contribution in [0.2, 0.25) is 0 Å². The molecule has 2 N–H and O–H groups in total. The molecule has 0 spiro atoms. The molecule has 0 radical (unpaired) electrons. The van der Waals surface area contributed by atoms with E-state index in [-0.39, 0.29) is 6.10 Å². The lowest BCUT2D eigenvalue weighted by atomic mass is 9.93. The maximum Gasteiger partial charge on any atom is 0.0864 e. The summed E-state index contributed by atoms with van der Waals surface area (Å²) in [5, 5.41) is 0. The van der Waals surface area contributed by atoms with E-state index in [0.717, 1.165) is 32.4 Å². The number of rotatable bonds is 4. The average molecular weight is 231 g/mol. The van der Waals surface area contributed by atoms with Crippen LogP contribution in [0.15, 0.2) is 35.9 Å². The minimum atomic E-state index is 0.231. The molecule has 2 nitrogen and oxygen atoms in total. The van der Waals surface area contributed by atoms with E-state index < -0.39 is 0 Å². The molecule has 1 aliphatic rings. The molecular weight excluding hydrogens is 210 g/mol. The Labute approximate surface area is 103 Å². The number of hydrogen-bond donors (Lipinski definition) is 1. The molecule has 2 heteroatoms. The standard InChI is InChI=1S/C15H21NO/c1-12(5-4-9-16)11-15-14-7-3-2-6-13(14)8-10-17-15/h2-3,5-7,15H,4,8-11,16H2,1H3. The van der Waals surface area contributed by atoms with E-state index in [1.165, 1.54) is 16.7 Å². The highest BCUT2D eigenvalue weighted by atomic mass is 16.5. The fourth-order valence-electron chi connectivity index (χ4n) is 2.35. The highest BCUT2D eigenvalue weighted by molar-refractivity contribution is 5.31. The zero-order chi connectivity index (χ0) is 12.1. The summed E-state index contributed by atoms with van der Waals surface area (Å²) in [7, 11) is 0. The maximum atomic E-state index is 5.88. The molecule has 92 valence electrons. The minimum Gasteiger partial charge on any atom is -0.373 e. The van der Waals surface area contributed by atoms with Crippen LogP contribution in [0.1, 0.15) is 37.0 Å². The predicted molar refractivity (Wildman–Crippen MR) is 70.9 cm³/mol. The van der Waals surface area contributed by atoms with Crippen molar-refractivity contribution in [3.05, 3.63) is 47.0 Å². The van der Waals surface area contributed by atoms with E-state index in [0.29, 0.717) is 0 Å². The third-order valence-corrected chi connectivity index (χ3v) is 3.26. The molecular formula is C15H21NO. The Morgan fingerprint density at radius 2 is 2.29 bits per heavy atom. The van der Waals surface area contributed by atoms with Gasteiger partial charge in [0.25, 0.3) is 0 Å². The summed E-state index contributed by atoms with van der Waals surface area (Å²) < 4.78 is 5.88. The summed E-state index contributed by atoms with van der Waals surface area (Å²) in [5.74, 6) is 0. The van der Waals surface area contributed by atoms with Crippen molar-refractivity contribution >= 4 is 0 Å². The Bertz CT molecular complexity index is 398. The molecule has 0 saturated heterocycles. The van der Waals surface area contributed by atoms with Crippen molar-refractivity contribution in [1.29, 1.82) is 0 Å². The second kappa shape index (κ2) is 5.99. The maximum absolute atomic E-state index is 5.88. The van der Waals surface area contributed by atoms with Gasteiger partial charge in [0.2, 0.25) is 0 Å². The van der Waals surface area contributed by atoms with Gasteiger partial charge in [0.1, 0.15) is 0 Å². The molecule has 2 rings (SSSR count). The minimum absolute atomic E-state index is 0.231. The Hall–Kier alpha value is -1.12. The van der Waals surface area contributed by atoms with Crippen molar-refractivity contribution in [3.63, 3.8) is 0 Å². The van der Waals surface area contributed by atoms with Gasteiger partial charge in [-0.1, -0.05) is 35.9 Å². The summed E-state index contributed by atoms with van der Waals surface area (Å²) in [4.78, 5) is 0. The Balaban J connectivity index is 2.08. The molecule has 1 atom stereocenters. The van der Waals surface area contributed by atoms with Crippen LogP contribution in [-0.4, -0.2) is 13.2 Å². The molecule has 1 heterocycles. The highest BCUT2D eigenvalue weighted by Crippen LogP contribution is 2.31. The zero-order valence-corrected chi connectivity index (χ0v) is 10.5. The van der Waals surface area contributed by atoms with E-state index in [9.17, 15) is 0 Å². The first kappa shape index (κ1) is 12.3.